The van der Waals surface area contributed by atoms with Crippen molar-refractivity contribution >= 4 is 56.9 Å². The van der Waals surface area contributed by atoms with Gasteiger partial charge in [0.2, 0.25) is 5.89 Å². The zero-order valence-electron chi connectivity index (χ0n) is 17.0. The third kappa shape index (κ3) is 5.19. The van der Waals surface area contributed by atoms with Crippen LogP contribution in [-0.4, -0.2) is 17.5 Å². The summed E-state index contributed by atoms with van der Waals surface area (Å²) in [6, 6.07) is 18.2. The Bertz CT molecular complexity index is 1250. The van der Waals surface area contributed by atoms with E-state index in [2.05, 4.69) is 46.7 Å². The van der Waals surface area contributed by atoms with Crippen molar-refractivity contribution < 1.29 is 13.9 Å². The highest BCUT2D eigenvalue weighted by molar-refractivity contribution is 14.1. The molecule has 0 saturated heterocycles. The molecule has 0 fully saturated rings. The number of fused-ring (bicyclic) bond motifs is 1. The molecule has 0 aliphatic rings. The molecule has 5 nitrogen and oxygen atoms in total. The van der Waals surface area contributed by atoms with Gasteiger partial charge in [0, 0.05) is 14.8 Å². The topological polar surface area (TPSA) is 64.4 Å². The van der Waals surface area contributed by atoms with Crippen molar-refractivity contribution in [2.75, 3.05) is 11.9 Å². The van der Waals surface area contributed by atoms with Gasteiger partial charge in [0.1, 0.15) is 11.3 Å². The van der Waals surface area contributed by atoms with Crippen molar-refractivity contribution in [1.82, 2.24) is 4.98 Å². The predicted molar refractivity (Wildman–Crippen MR) is 132 cm³/mol. The van der Waals surface area contributed by atoms with E-state index < -0.39 is 0 Å². The van der Waals surface area contributed by atoms with E-state index in [1.165, 1.54) is 0 Å². The molecule has 0 bridgehead atoms. The summed E-state index contributed by atoms with van der Waals surface area (Å²) in [6.07, 6.45) is 0. The minimum Gasteiger partial charge on any atom is -0.493 e. The van der Waals surface area contributed by atoms with Crippen LogP contribution in [0.3, 0.4) is 0 Å². The second-order valence-electron chi connectivity index (χ2n) is 7.51. The number of carbonyl (C=O) groups is 1. The number of benzene rings is 3. The second kappa shape index (κ2) is 9.28. The Hall–Kier alpha value is -2.58. The Morgan fingerprint density at radius 2 is 2.00 bits per heavy atom. The standard InChI is InChI=1S/C24H20ClIN2O3/c1-14(2)13-30-18-5-3-4-15(10-18)23(29)27-17-7-9-22-21(12-17)28-24(31-22)19-11-16(26)6-8-20(19)25/h3-12,14H,13H2,1-2H3,(H,27,29). The number of aromatic nitrogens is 1. The molecule has 7 heteroatoms. The Morgan fingerprint density at radius 1 is 1.16 bits per heavy atom. The molecule has 1 heterocycles. The summed E-state index contributed by atoms with van der Waals surface area (Å²) < 4.78 is 12.6. The highest BCUT2D eigenvalue weighted by Gasteiger charge is 2.14. The first-order valence-electron chi connectivity index (χ1n) is 9.79. The lowest BCUT2D eigenvalue weighted by molar-refractivity contribution is 0.102. The Balaban J connectivity index is 1.55. The first-order chi connectivity index (χ1) is 14.9. The third-order valence-corrected chi connectivity index (χ3v) is 5.48. The molecular weight excluding hydrogens is 527 g/mol. The molecule has 0 atom stereocenters. The van der Waals surface area contributed by atoms with Gasteiger partial charge in [-0.2, -0.15) is 0 Å². The number of nitrogens with zero attached hydrogens (tertiary/aromatic N) is 1. The Labute approximate surface area is 198 Å². The molecule has 0 radical (unpaired) electrons. The predicted octanol–water partition coefficient (Wildman–Crippen LogP) is 7.04. The van der Waals surface area contributed by atoms with Crippen molar-refractivity contribution in [3.05, 3.63) is 74.8 Å². The zero-order chi connectivity index (χ0) is 22.0. The van der Waals surface area contributed by atoms with Crippen molar-refractivity contribution in [2.45, 2.75) is 13.8 Å². The van der Waals surface area contributed by atoms with Crippen LogP contribution < -0.4 is 10.1 Å². The molecule has 0 aliphatic carbocycles. The molecule has 158 valence electrons. The zero-order valence-corrected chi connectivity index (χ0v) is 19.9. The number of amides is 1. The first-order valence-corrected chi connectivity index (χ1v) is 11.2. The van der Waals surface area contributed by atoms with E-state index in [1.54, 1.807) is 30.3 Å². The number of oxazole rings is 1. The van der Waals surface area contributed by atoms with Crippen LogP contribution in [0.2, 0.25) is 5.02 Å². The molecule has 1 aromatic heterocycles. The van der Waals surface area contributed by atoms with Gasteiger partial charge >= 0.3 is 0 Å². The lowest BCUT2D eigenvalue weighted by Crippen LogP contribution is -2.12. The third-order valence-electron chi connectivity index (χ3n) is 4.48. The summed E-state index contributed by atoms with van der Waals surface area (Å²) in [4.78, 5) is 17.3. The summed E-state index contributed by atoms with van der Waals surface area (Å²) in [5.41, 5.74) is 3.13. The van der Waals surface area contributed by atoms with E-state index in [1.807, 2.05) is 30.3 Å². The van der Waals surface area contributed by atoms with E-state index in [4.69, 9.17) is 20.8 Å². The molecule has 3 aromatic carbocycles. The van der Waals surface area contributed by atoms with Gasteiger partial charge in [0.05, 0.1) is 17.2 Å². The van der Waals surface area contributed by atoms with Gasteiger partial charge in [-0.3, -0.25) is 4.79 Å². The first kappa shape index (κ1) is 21.6. The fourth-order valence-electron chi connectivity index (χ4n) is 2.98. The van der Waals surface area contributed by atoms with Gasteiger partial charge in [-0.25, -0.2) is 4.98 Å². The van der Waals surface area contributed by atoms with Crippen LogP contribution in [0.15, 0.2) is 65.1 Å². The van der Waals surface area contributed by atoms with E-state index in [-0.39, 0.29) is 5.91 Å². The Morgan fingerprint density at radius 3 is 2.81 bits per heavy atom. The number of carbonyl (C=O) groups excluding carboxylic acids is 1. The molecule has 31 heavy (non-hydrogen) atoms. The van der Waals surface area contributed by atoms with Gasteiger partial charge in [0.25, 0.3) is 5.91 Å². The largest absolute Gasteiger partial charge is 0.493 e. The van der Waals surface area contributed by atoms with Crippen LogP contribution in [0.4, 0.5) is 5.69 Å². The number of hydrogen-bond donors (Lipinski definition) is 1. The minimum atomic E-state index is -0.223. The van der Waals surface area contributed by atoms with Crippen LogP contribution in [0, 0.1) is 9.49 Å². The molecule has 0 saturated carbocycles. The monoisotopic (exact) mass is 546 g/mol. The van der Waals surface area contributed by atoms with Gasteiger partial charge in [-0.1, -0.05) is 31.5 Å². The van der Waals surface area contributed by atoms with Crippen molar-refractivity contribution in [1.29, 1.82) is 0 Å². The molecule has 1 amide bonds. The van der Waals surface area contributed by atoms with Crippen LogP contribution in [0.5, 0.6) is 5.75 Å². The average Bonchev–Trinajstić information content (AvgIpc) is 3.17. The number of nitrogens with one attached hydrogen (secondary N) is 1. The summed E-state index contributed by atoms with van der Waals surface area (Å²) >= 11 is 8.53. The quantitative estimate of drug-likeness (QED) is 0.264. The molecule has 0 spiro atoms. The number of anilines is 1. The van der Waals surface area contributed by atoms with Crippen molar-refractivity contribution in [3.8, 4) is 17.2 Å². The van der Waals surface area contributed by atoms with Crippen LogP contribution in [-0.2, 0) is 0 Å². The molecule has 4 aromatic rings. The minimum absolute atomic E-state index is 0.223. The maximum absolute atomic E-state index is 12.7. The molecule has 0 unspecified atom stereocenters. The van der Waals surface area contributed by atoms with Gasteiger partial charge in [-0.15, -0.1) is 0 Å². The Kier molecular flexibility index (Phi) is 6.48. The summed E-state index contributed by atoms with van der Waals surface area (Å²) in [7, 11) is 0. The van der Waals surface area contributed by atoms with E-state index >= 15 is 0 Å². The highest BCUT2D eigenvalue weighted by atomic mass is 127. The van der Waals surface area contributed by atoms with Crippen LogP contribution >= 0.6 is 34.2 Å². The highest BCUT2D eigenvalue weighted by Crippen LogP contribution is 2.32. The number of hydrogen-bond acceptors (Lipinski definition) is 4. The van der Waals surface area contributed by atoms with Crippen molar-refractivity contribution in [2.24, 2.45) is 5.92 Å². The van der Waals surface area contributed by atoms with E-state index in [9.17, 15) is 4.79 Å². The number of rotatable bonds is 6. The summed E-state index contributed by atoms with van der Waals surface area (Å²) in [5, 5.41) is 3.48. The van der Waals surface area contributed by atoms with E-state index in [0.29, 0.717) is 51.5 Å². The van der Waals surface area contributed by atoms with Crippen LogP contribution in [0.1, 0.15) is 24.2 Å². The van der Waals surface area contributed by atoms with Gasteiger partial charge in [0.15, 0.2) is 5.58 Å². The molecule has 1 N–H and O–H groups in total. The molecule has 0 aliphatic heterocycles. The number of halogens is 2. The summed E-state index contributed by atoms with van der Waals surface area (Å²) in [6.45, 7) is 4.75. The van der Waals surface area contributed by atoms with Crippen molar-refractivity contribution in [3.63, 3.8) is 0 Å². The second-order valence-corrected chi connectivity index (χ2v) is 9.17. The maximum Gasteiger partial charge on any atom is 0.255 e. The lowest BCUT2D eigenvalue weighted by Gasteiger charge is -2.10. The summed E-state index contributed by atoms with van der Waals surface area (Å²) in [5.74, 6) is 1.30. The lowest BCUT2D eigenvalue weighted by atomic mass is 10.2. The molecule has 4 rings (SSSR count). The fourth-order valence-corrected chi connectivity index (χ4v) is 3.66. The van der Waals surface area contributed by atoms with Crippen LogP contribution in [0.25, 0.3) is 22.6 Å². The molecular formula is C24H20ClIN2O3. The smallest absolute Gasteiger partial charge is 0.255 e. The average molecular weight is 547 g/mol. The van der Waals surface area contributed by atoms with Gasteiger partial charge < -0.3 is 14.5 Å². The van der Waals surface area contributed by atoms with E-state index in [0.717, 1.165) is 9.13 Å². The number of ether oxygens (including phenoxy) is 1. The fraction of sp³-hybridized carbons (Fsp3) is 0.167. The normalized spacial score (nSPS) is 11.1. The SMILES string of the molecule is CC(C)COc1cccc(C(=O)Nc2ccc3oc(-c4cc(I)ccc4Cl)nc3c2)c1. The van der Waals surface area contributed by atoms with Gasteiger partial charge in [-0.05, 0) is 83.1 Å². The maximum atomic E-state index is 12.7.